The number of ether oxygens (including phenoxy) is 5. The van der Waals surface area contributed by atoms with Crippen LogP contribution in [0.1, 0.15) is 53.4 Å². The third-order valence-electron chi connectivity index (χ3n) is 11.0. The second-order valence-corrected chi connectivity index (χ2v) is 13.6. The summed E-state index contributed by atoms with van der Waals surface area (Å²) in [7, 11) is 1.09. The third kappa shape index (κ3) is 4.01. The molecular formula is C31H39NO12. The van der Waals surface area contributed by atoms with Crippen molar-refractivity contribution >= 4 is 29.7 Å². The Bertz CT molecular complexity index is 1380. The number of rotatable bonds is 5. The average Bonchev–Trinajstić information content (AvgIpc) is 3.60. The lowest BCUT2D eigenvalue weighted by molar-refractivity contribution is -0.290. The molecule has 2 bridgehead atoms. The van der Waals surface area contributed by atoms with Gasteiger partial charge in [-0.15, -0.1) is 0 Å². The van der Waals surface area contributed by atoms with Gasteiger partial charge in [0.25, 0.3) is 0 Å². The number of esters is 4. The van der Waals surface area contributed by atoms with Crippen molar-refractivity contribution in [2.45, 2.75) is 89.4 Å². The van der Waals surface area contributed by atoms with Gasteiger partial charge in [-0.1, -0.05) is 12.5 Å². The molecule has 3 heterocycles. The van der Waals surface area contributed by atoms with Crippen LogP contribution in [0, 0.1) is 28.6 Å². The van der Waals surface area contributed by atoms with Crippen LogP contribution in [0.2, 0.25) is 0 Å². The van der Waals surface area contributed by atoms with E-state index in [0.717, 1.165) is 13.5 Å². The zero-order chi connectivity index (χ0) is 31.9. The summed E-state index contributed by atoms with van der Waals surface area (Å²) in [6.45, 7) is 7.26. The lowest BCUT2D eigenvalue weighted by Gasteiger charge is -2.67. The Morgan fingerprint density at radius 3 is 2.50 bits per heavy atom. The number of aliphatic hydroxyl groups is 2. The van der Waals surface area contributed by atoms with Crippen LogP contribution in [-0.2, 0) is 47.7 Å². The first-order chi connectivity index (χ1) is 20.7. The quantitative estimate of drug-likeness (QED) is 0.217. The summed E-state index contributed by atoms with van der Waals surface area (Å²) in [6, 6.07) is -0.519. The zero-order valence-electron chi connectivity index (χ0n) is 25.4. The van der Waals surface area contributed by atoms with E-state index in [2.05, 4.69) is 5.32 Å². The molecule has 13 heteroatoms. The first kappa shape index (κ1) is 30.9. The molecule has 0 radical (unpaired) electrons. The number of methoxy groups -OCH3 is 1. The molecule has 0 aromatic carbocycles. The fraction of sp³-hybridized carbons (Fsp3) is 0.710. The Morgan fingerprint density at radius 1 is 1.14 bits per heavy atom. The molecule has 3 aliphatic carbocycles. The van der Waals surface area contributed by atoms with Gasteiger partial charge in [-0.25, -0.2) is 19.2 Å². The summed E-state index contributed by atoms with van der Waals surface area (Å²) >= 11 is 0. The second-order valence-electron chi connectivity index (χ2n) is 13.6. The molecule has 0 aromatic rings. The molecular weight excluding hydrogens is 578 g/mol. The van der Waals surface area contributed by atoms with E-state index in [4.69, 9.17) is 23.7 Å². The normalized spacial score (nSPS) is 43.8. The molecule has 0 amide bonds. The van der Waals surface area contributed by atoms with Gasteiger partial charge in [-0.05, 0) is 63.5 Å². The van der Waals surface area contributed by atoms with Crippen LogP contribution in [0.4, 0.5) is 0 Å². The molecule has 1 spiro atoms. The molecule has 11 atom stereocenters. The largest absolute Gasteiger partial charge is 0.467 e. The minimum Gasteiger partial charge on any atom is -0.467 e. The van der Waals surface area contributed by atoms with E-state index in [9.17, 15) is 34.2 Å². The fourth-order valence-corrected chi connectivity index (χ4v) is 9.44. The van der Waals surface area contributed by atoms with Gasteiger partial charge in [0, 0.05) is 23.8 Å². The first-order valence-corrected chi connectivity index (χ1v) is 15.1. The summed E-state index contributed by atoms with van der Waals surface area (Å²) in [5, 5.41) is 26.7. The van der Waals surface area contributed by atoms with E-state index >= 15 is 0 Å². The maximum atomic E-state index is 13.7. The number of hydrogen-bond acceptors (Lipinski definition) is 13. The Balaban J connectivity index is 1.47. The zero-order valence-corrected chi connectivity index (χ0v) is 25.4. The smallest absolute Gasteiger partial charge is 0.348 e. The number of fused-ring (bicyclic) bond motifs is 2. The molecule has 2 saturated carbocycles. The highest BCUT2D eigenvalue weighted by molar-refractivity contribution is 5.98. The minimum atomic E-state index is -2.25. The highest BCUT2D eigenvalue weighted by Gasteiger charge is 2.85. The van der Waals surface area contributed by atoms with E-state index in [0.29, 0.717) is 24.1 Å². The molecule has 2 unspecified atom stereocenters. The number of Topliss-reactive ketones (excluding diaryl/α,β-unsaturated/α-hetero) is 1. The predicted molar refractivity (Wildman–Crippen MR) is 147 cm³/mol. The standard InChI is InChI=1S/C31H39NO12/c1-13(2)9-19(34)43-22-24-30-12-41-31(24,28(39)40-5)25(36)20(35)23(30)29(4)11-17(33)21(44-26(37)16-7-6-8-32-16)14(3)15(29)10-18(30)42-27(22)38/h9,15-16,18,20,22-25,32,35-36H,6-8,10-12H2,1-5H3/t15-,16-,18+,20+,22+,23?,24+,25-,29-,30+,31?/m0/s1. The van der Waals surface area contributed by atoms with Crippen LogP contribution in [0.25, 0.3) is 0 Å². The van der Waals surface area contributed by atoms with Gasteiger partial charge in [0.2, 0.25) is 11.7 Å². The Labute approximate surface area is 254 Å². The van der Waals surface area contributed by atoms with Gasteiger partial charge in [0.05, 0.1) is 25.7 Å². The number of carbonyl (C=O) groups is 5. The Hall–Kier alpha value is -3.13. The SMILES string of the molecule is COC(=O)C12OC[C@]34C([C@@H](O)[C@@H]1O)[C@@]1(C)CC(=O)C(OC(=O)[C@@H]5CCCN5)=C(C)[C@@H]1C[C@H]3OC(=O)[C@H](OC(=O)C=C(C)C)[C@@H]24. The van der Waals surface area contributed by atoms with Crippen molar-refractivity contribution in [2.75, 3.05) is 20.3 Å². The number of nitrogens with one attached hydrogen (secondary N) is 1. The fourth-order valence-electron chi connectivity index (χ4n) is 9.44. The number of carbonyl (C=O) groups excluding carboxylic acids is 5. The van der Waals surface area contributed by atoms with E-state index < -0.39 is 94.3 Å². The maximum absolute atomic E-state index is 13.7. The van der Waals surface area contributed by atoms with Gasteiger partial charge >= 0.3 is 23.9 Å². The van der Waals surface area contributed by atoms with Crippen molar-refractivity contribution in [3.8, 4) is 0 Å². The molecule has 3 N–H and O–H groups in total. The van der Waals surface area contributed by atoms with Crippen molar-refractivity contribution in [3.05, 3.63) is 23.0 Å². The first-order valence-electron chi connectivity index (χ1n) is 15.1. The summed E-state index contributed by atoms with van der Waals surface area (Å²) in [5.74, 6) is -6.65. The molecule has 0 aromatic heterocycles. The molecule has 6 rings (SSSR count). The van der Waals surface area contributed by atoms with Gasteiger partial charge in [0.1, 0.15) is 18.2 Å². The van der Waals surface area contributed by atoms with Gasteiger partial charge in [0.15, 0.2) is 11.5 Å². The molecule has 240 valence electrons. The summed E-state index contributed by atoms with van der Waals surface area (Å²) in [5.41, 5.74) is -3.58. The van der Waals surface area contributed by atoms with E-state index in [-0.39, 0.29) is 25.2 Å². The topological polar surface area (TPSA) is 184 Å². The second kappa shape index (κ2) is 10.5. The molecule has 6 aliphatic rings. The Morgan fingerprint density at radius 2 is 1.86 bits per heavy atom. The van der Waals surface area contributed by atoms with Crippen LogP contribution in [0.3, 0.4) is 0 Å². The minimum absolute atomic E-state index is 0.0632. The molecule has 5 fully saturated rings. The summed E-state index contributed by atoms with van der Waals surface area (Å²) in [6.07, 6.45) is -3.59. The molecule has 3 aliphatic heterocycles. The summed E-state index contributed by atoms with van der Waals surface area (Å²) < 4.78 is 28.5. The van der Waals surface area contributed by atoms with E-state index in [1.165, 1.54) is 6.08 Å². The van der Waals surface area contributed by atoms with E-state index in [1.807, 2.05) is 6.92 Å². The average molecular weight is 618 g/mol. The maximum Gasteiger partial charge on any atom is 0.348 e. The highest BCUT2D eigenvalue weighted by atomic mass is 16.6. The van der Waals surface area contributed by atoms with Crippen LogP contribution < -0.4 is 5.32 Å². The van der Waals surface area contributed by atoms with Crippen LogP contribution in [-0.4, -0.2) is 96.2 Å². The van der Waals surface area contributed by atoms with Gasteiger partial charge < -0.3 is 39.2 Å². The number of aliphatic hydroxyl groups excluding tert-OH is 2. The highest BCUT2D eigenvalue weighted by Crippen LogP contribution is 2.72. The van der Waals surface area contributed by atoms with Crippen molar-refractivity contribution in [1.82, 2.24) is 5.32 Å². The monoisotopic (exact) mass is 617 g/mol. The lowest BCUT2D eigenvalue weighted by Crippen LogP contribution is -2.79. The predicted octanol–water partition coefficient (Wildman–Crippen LogP) is 0.254. The molecule has 3 saturated heterocycles. The van der Waals surface area contributed by atoms with Crippen molar-refractivity contribution in [1.29, 1.82) is 0 Å². The Kier molecular flexibility index (Phi) is 7.34. The van der Waals surface area contributed by atoms with Gasteiger partial charge in [-0.2, -0.15) is 0 Å². The van der Waals surface area contributed by atoms with Crippen LogP contribution in [0.15, 0.2) is 23.0 Å². The third-order valence-corrected chi connectivity index (χ3v) is 11.0. The van der Waals surface area contributed by atoms with Crippen LogP contribution in [0.5, 0.6) is 0 Å². The van der Waals surface area contributed by atoms with Crippen LogP contribution >= 0.6 is 0 Å². The van der Waals surface area contributed by atoms with Crippen molar-refractivity contribution in [3.63, 3.8) is 0 Å². The number of hydrogen-bond donors (Lipinski definition) is 3. The van der Waals surface area contributed by atoms with Crippen molar-refractivity contribution < 1.29 is 57.9 Å². The molecule has 13 nitrogen and oxygen atoms in total. The molecule has 44 heavy (non-hydrogen) atoms. The van der Waals surface area contributed by atoms with Crippen molar-refractivity contribution in [2.24, 2.45) is 28.6 Å². The van der Waals surface area contributed by atoms with E-state index in [1.54, 1.807) is 20.8 Å². The lowest BCUT2D eigenvalue weighted by atomic mass is 9.38. The van der Waals surface area contributed by atoms with Gasteiger partial charge in [-0.3, -0.25) is 4.79 Å². The number of ketones is 1. The number of allylic oxidation sites excluding steroid dienone is 3. The summed E-state index contributed by atoms with van der Waals surface area (Å²) in [4.78, 5) is 66.6.